The van der Waals surface area contributed by atoms with Gasteiger partial charge in [0.15, 0.2) is 0 Å². The van der Waals surface area contributed by atoms with Gasteiger partial charge in [-0.05, 0) is 48.0 Å². The Bertz CT molecular complexity index is 956. The highest BCUT2D eigenvalue weighted by molar-refractivity contribution is 6.30. The first-order chi connectivity index (χ1) is 13.1. The van der Waals surface area contributed by atoms with Crippen LogP contribution in [0, 0.1) is 0 Å². The second-order valence-electron chi connectivity index (χ2n) is 5.71. The molecule has 3 aromatic rings. The third-order valence-electron chi connectivity index (χ3n) is 3.73. The van der Waals surface area contributed by atoms with E-state index >= 15 is 0 Å². The summed E-state index contributed by atoms with van der Waals surface area (Å²) in [4.78, 5) is 11.0. The predicted octanol–water partition coefficient (Wildman–Crippen LogP) is 5.06. The molecule has 5 nitrogen and oxygen atoms in total. The van der Waals surface area contributed by atoms with Crippen molar-refractivity contribution < 1.29 is 14.6 Å². The molecule has 0 saturated heterocycles. The molecule has 0 aliphatic heterocycles. The number of ether oxygens (including phenoxy) is 1. The maximum Gasteiger partial charge on any atom is 0.335 e. The third-order valence-corrected chi connectivity index (χ3v) is 3.99. The SMILES string of the molecule is O=C(O)c1cccc(NN=Cc2ccccc2OCc2ccc(Cl)cc2)c1. The number of hydrazone groups is 1. The van der Waals surface area contributed by atoms with E-state index in [0.29, 0.717) is 23.1 Å². The lowest BCUT2D eigenvalue weighted by Gasteiger charge is -2.09. The smallest absolute Gasteiger partial charge is 0.335 e. The summed E-state index contributed by atoms with van der Waals surface area (Å²) >= 11 is 5.89. The number of para-hydroxylation sites is 1. The minimum absolute atomic E-state index is 0.196. The van der Waals surface area contributed by atoms with E-state index in [4.69, 9.17) is 21.4 Å². The van der Waals surface area contributed by atoms with Crippen molar-refractivity contribution in [2.24, 2.45) is 5.10 Å². The Morgan fingerprint density at radius 2 is 1.85 bits per heavy atom. The van der Waals surface area contributed by atoms with Crippen LogP contribution in [-0.2, 0) is 6.61 Å². The van der Waals surface area contributed by atoms with Gasteiger partial charge in [0, 0.05) is 10.6 Å². The highest BCUT2D eigenvalue weighted by Gasteiger charge is 2.03. The molecule has 0 bridgehead atoms. The number of benzene rings is 3. The summed E-state index contributed by atoms with van der Waals surface area (Å²) in [5, 5.41) is 13.9. The van der Waals surface area contributed by atoms with E-state index in [-0.39, 0.29) is 5.56 Å². The van der Waals surface area contributed by atoms with Crippen LogP contribution in [0.5, 0.6) is 5.75 Å². The fourth-order valence-corrected chi connectivity index (χ4v) is 2.48. The molecule has 0 spiro atoms. The molecule has 0 fully saturated rings. The van der Waals surface area contributed by atoms with Crippen molar-refractivity contribution in [3.63, 3.8) is 0 Å². The van der Waals surface area contributed by atoms with E-state index < -0.39 is 5.97 Å². The van der Waals surface area contributed by atoms with Crippen molar-refractivity contribution in [1.82, 2.24) is 0 Å². The molecule has 27 heavy (non-hydrogen) atoms. The molecule has 0 aliphatic carbocycles. The Morgan fingerprint density at radius 1 is 1.07 bits per heavy atom. The maximum atomic E-state index is 11.0. The van der Waals surface area contributed by atoms with E-state index in [1.54, 1.807) is 18.3 Å². The summed E-state index contributed by atoms with van der Waals surface area (Å²) in [5.41, 5.74) is 5.42. The number of carbonyl (C=O) groups is 1. The van der Waals surface area contributed by atoms with Crippen LogP contribution in [0.15, 0.2) is 77.9 Å². The van der Waals surface area contributed by atoms with Gasteiger partial charge in [-0.2, -0.15) is 5.10 Å². The van der Waals surface area contributed by atoms with Gasteiger partial charge >= 0.3 is 5.97 Å². The lowest BCUT2D eigenvalue weighted by molar-refractivity contribution is 0.0697. The van der Waals surface area contributed by atoms with Crippen molar-refractivity contribution >= 4 is 29.5 Å². The van der Waals surface area contributed by atoms with Crippen LogP contribution in [0.25, 0.3) is 0 Å². The number of carboxylic acids is 1. The van der Waals surface area contributed by atoms with Gasteiger partial charge in [-0.15, -0.1) is 0 Å². The van der Waals surface area contributed by atoms with Crippen LogP contribution in [0.4, 0.5) is 5.69 Å². The van der Waals surface area contributed by atoms with Crippen molar-refractivity contribution in [2.75, 3.05) is 5.43 Å². The standard InChI is InChI=1S/C21H17ClN2O3/c22-18-10-8-15(9-11-18)14-27-20-7-2-1-4-17(20)13-23-24-19-6-3-5-16(12-19)21(25)26/h1-13,24H,14H2,(H,25,26). The molecular weight excluding hydrogens is 364 g/mol. The monoisotopic (exact) mass is 380 g/mol. The minimum Gasteiger partial charge on any atom is -0.488 e. The first-order valence-electron chi connectivity index (χ1n) is 8.20. The van der Waals surface area contributed by atoms with Crippen molar-refractivity contribution in [1.29, 1.82) is 0 Å². The van der Waals surface area contributed by atoms with Crippen molar-refractivity contribution in [3.05, 3.63) is 94.5 Å². The van der Waals surface area contributed by atoms with E-state index in [1.165, 1.54) is 12.1 Å². The van der Waals surface area contributed by atoms with Gasteiger partial charge in [-0.1, -0.05) is 41.9 Å². The summed E-state index contributed by atoms with van der Waals surface area (Å²) < 4.78 is 5.88. The third kappa shape index (κ3) is 5.33. The molecule has 2 N–H and O–H groups in total. The number of halogens is 1. The van der Waals surface area contributed by atoms with Gasteiger partial charge < -0.3 is 9.84 Å². The Balaban J connectivity index is 1.66. The summed E-state index contributed by atoms with van der Waals surface area (Å²) in [6.45, 7) is 0.413. The number of nitrogens with one attached hydrogen (secondary N) is 1. The van der Waals surface area contributed by atoms with E-state index in [0.717, 1.165) is 11.1 Å². The van der Waals surface area contributed by atoms with Gasteiger partial charge in [0.05, 0.1) is 17.5 Å². The summed E-state index contributed by atoms with van der Waals surface area (Å²) in [7, 11) is 0. The van der Waals surface area contributed by atoms with Crippen LogP contribution in [0.3, 0.4) is 0 Å². The summed E-state index contributed by atoms with van der Waals surface area (Å²) in [6.07, 6.45) is 1.63. The van der Waals surface area contributed by atoms with Gasteiger partial charge in [0.2, 0.25) is 0 Å². The molecule has 3 rings (SSSR count). The maximum absolute atomic E-state index is 11.0. The molecule has 0 aromatic heterocycles. The molecule has 0 aliphatic rings. The molecule has 0 radical (unpaired) electrons. The van der Waals surface area contributed by atoms with Crippen LogP contribution >= 0.6 is 11.6 Å². The quantitative estimate of drug-likeness (QED) is 0.443. The van der Waals surface area contributed by atoms with Gasteiger partial charge in [0.1, 0.15) is 12.4 Å². The summed E-state index contributed by atoms with van der Waals surface area (Å²) in [5.74, 6) is -0.291. The molecule has 0 unspecified atom stereocenters. The highest BCUT2D eigenvalue weighted by atomic mass is 35.5. The zero-order valence-electron chi connectivity index (χ0n) is 14.3. The van der Waals surface area contributed by atoms with Gasteiger partial charge in [-0.3, -0.25) is 5.43 Å². The first kappa shape index (κ1) is 18.5. The molecule has 0 heterocycles. The Labute approximate surface area is 161 Å². The highest BCUT2D eigenvalue weighted by Crippen LogP contribution is 2.19. The average molecular weight is 381 g/mol. The van der Waals surface area contributed by atoms with Crippen molar-refractivity contribution in [3.8, 4) is 5.75 Å². The fraction of sp³-hybridized carbons (Fsp3) is 0.0476. The Hall–Kier alpha value is -3.31. The Kier molecular flexibility index (Phi) is 6.07. The van der Waals surface area contributed by atoms with E-state index in [2.05, 4.69) is 10.5 Å². The molecule has 0 saturated carbocycles. The largest absolute Gasteiger partial charge is 0.488 e. The van der Waals surface area contributed by atoms with E-state index in [1.807, 2.05) is 48.5 Å². The van der Waals surface area contributed by atoms with E-state index in [9.17, 15) is 4.79 Å². The number of carboxylic acid groups (broad SMARTS) is 1. The molecule has 136 valence electrons. The Morgan fingerprint density at radius 3 is 2.63 bits per heavy atom. The molecular formula is C21H17ClN2O3. The topological polar surface area (TPSA) is 70.9 Å². The second-order valence-corrected chi connectivity index (χ2v) is 6.15. The number of anilines is 1. The first-order valence-corrected chi connectivity index (χ1v) is 8.58. The number of nitrogens with zero attached hydrogens (tertiary/aromatic N) is 1. The van der Waals surface area contributed by atoms with Crippen LogP contribution in [0.2, 0.25) is 5.02 Å². The fourth-order valence-electron chi connectivity index (χ4n) is 2.36. The zero-order valence-corrected chi connectivity index (χ0v) is 15.1. The molecule has 6 heteroatoms. The molecule has 3 aromatic carbocycles. The normalized spacial score (nSPS) is 10.7. The zero-order chi connectivity index (χ0) is 19.1. The average Bonchev–Trinajstić information content (AvgIpc) is 2.69. The molecule has 0 atom stereocenters. The number of aromatic carboxylic acids is 1. The number of hydrogen-bond donors (Lipinski definition) is 2. The van der Waals surface area contributed by atoms with Crippen LogP contribution in [0.1, 0.15) is 21.5 Å². The number of hydrogen-bond acceptors (Lipinski definition) is 4. The summed E-state index contributed by atoms with van der Waals surface area (Å²) in [6, 6.07) is 21.4. The lowest BCUT2D eigenvalue weighted by Crippen LogP contribution is -2.00. The molecule has 0 amide bonds. The second kappa shape index (κ2) is 8.87. The van der Waals surface area contributed by atoms with Gasteiger partial charge in [-0.25, -0.2) is 4.79 Å². The minimum atomic E-state index is -0.983. The number of rotatable bonds is 7. The predicted molar refractivity (Wildman–Crippen MR) is 107 cm³/mol. The van der Waals surface area contributed by atoms with Crippen molar-refractivity contribution in [2.45, 2.75) is 6.61 Å². The van der Waals surface area contributed by atoms with Gasteiger partial charge in [0.25, 0.3) is 0 Å². The lowest BCUT2D eigenvalue weighted by atomic mass is 10.2. The van der Waals surface area contributed by atoms with Crippen LogP contribution in [-0.4, -0.2) is 17.3 Å². The van der Waals surface area contributed by atoms with Crippen LogP contribution < -0.4 is 10.2 Å².